The molecule has 0 radical (unpaired) electrons. The quantitative estimate of drug-likeness (QED) is 0.645. The largest absolute Gasteiger partial charge is 0.417 e. The first-order chi connectivity index (χ1) is 15.8. The first-order valence-electron chi connectivity index (χ1n) is 10.7. The molecule has 1 saturated carbocycles. The highest BCUT2D eigenvalue weighted by atomic mass is 19.4. The number of alkyl halides is 3. The van der Waals surface area contributed by atoms with E-state index in [9.17, 15) is 18.0 Å². The molecule has 3 aromatic heterocycles. The summed E-state index contributed by atoms with van der Waals surface area (Å²) in [5.41, 5.74) is 0.479. The molecule has 33 heavy (non-hydrogen) atoms. The maximum absolute atomic E-state index is 13.7. The van der Waals surface area contributed by atoms with Crippen molar-refractivity contribution in [3.05, 3.63) is 59.7 Å². The topological polar surface area (TPSA) is 88.8 Å². The monoisotopic (exact) mass is 457 g/mol. The zero-order valence-electron chi connectivity index (χ0n) is 17.8. The van der Waals surface area contributed by atoms with E-state index >= 15 is 0 Å². The molecule has 3 unspecified atom stereocenters. The number of nitrogens with zero attached hydrogens (tertiary/aromatic N) is 6. The predicted molar refractivity (Wildman–Crippen MR) is 113 cm³/mol. The summed E-state index contributed by atoms with van der Waals surface area (Å²) in [6.45, 7) is 2.50. The maximum atomic E-state index is 13.7. The van der Waals surface area contributed by atoms with Crippen molar-refractivity contribution in [1.82, 2.24) is 29.9 Å². The fourth-order valence-corrected chi connectivity index (χ4v) is 4.78. The number of aromatic nitrogens is 5. The SMILES string of the molecule is Cc1cnc(-n2nccn2)c(C(=O)N2CC3CCC2C(Nc2ccc(C(F)(F)F)cn2)C3)c1. The van der Waals surface area contributed by atoms with Gasteiger partial charge in [-0.15, -0.1) is 4.80 Å². The van der Waals surface area contributed by atoms with Crippen LogP contribution >= 0.6 is 0 Å². The second kappa shape index (κ2) is 8.13. The number of fused-ring (bicyclic) bond motifs is 3. The Morgan fingerprint density at radius 1 is 1.12 bits per heavy atom. The van der Waals surface area contributed by atoms with Crippen LogP contribution in [0.1, 0.15) is 40.7 Å². The molecule has 1 amide bonds. The van der Waals surface area contributed by atoms with Crippen LogP contribution < -0.4 is 5.32 Å². The van der Waals surface area contributed by atoms with Gasteiger partial charge in [-0.25, -0.2) is 9.97 Å². The second-order valence-electron chi connectivity index (χ2n) is 8.59. The van der Waals surface area contributed by atoms with Crippen molar-refractivity contribution in [2.75, 3.05) is 11.9 Å². The molecule has 11 heteroatoms. The summed E-state index contributed by atoms with van der Waals surface area (Å²) in [4.78, 5) is 25.2. The van der Waals surface area contributed by atoms with Crippen molar-refractivity contribution >= 4 is 11.7 Å². The minimum Gasteiger partial charge on any atom is -0.365 e. The molecule has 5 heterocycles. The Kier molecular flexibility index (Phi) is 5.26. The summed E-state index contributed by atoms with van der Waals surface area (Å²) in [7, 11) is 0. The third-order valence-corrected chi connectivity index (χ3v) is 6.30. The molecular formula is C22H22F3N7O. The first kappa shape index (κ1) is 21.4. The predicted octanol–water partition coefficient (Wildman–Crippen LogP) is 3.49. The zero-order valence-corrected chi connectivity index (χ0v) is 17.8. The molecule has 3 aromatic rings. The molecule has 3 aliphatic rings. The smallest absolute Gasteiger partial charge is 0.365 e. The number of carbonyl (C=O) groups excluding carboxylic acids is 1. The van der Waals surface area contributed by atoms with Crippen molar-refractivity contribution in [2.24, 2.45) is 5.92 Å². The number of carbonyl (C=O) groups is 1. The third-order valence-electron chi connectivity index (χ3n) is 6.30. The average molecular weight is 457 g/mol. The number of halogens is 3. The van der Waals surface area contributed by atoms with Crippen molar-refractivity contribution in [3.63, 3.8) is 0 Å². The van der Waals surface area contributed by atoms with E-state index < -0.39 is 11.7 Å². The van der Waals surface area contributed by atoms with Crippen LogP contribution in [0.5, 0.6) is 0 Å². The van der Waals surface area contributed by atoms with Gasteiger partial charge in [0, 0.05) is 25.0 Å². The Hall–Kier alpha value is -3.50. The Labute approximate surface area is 187 Å². The Balaban J connectivity index is 1.39. The van der Waals surface area contributed by atoms with Crippen LogP contribution in [0.25, 0.3) is 5.82 Å². The molecule has 6 rings (SSSR count). The van der Waals surface area contributed by atoms with Crippen LogP contribution in [0.15, 0.2) is 43.0 Å². The summed E-state index contributed by atoms with van der Waals surface area (Å²) in [6.07, 6.45) is 3.76. The number of pyridine rings is 2. The number of nitrogens with one attached hydrogen (secondary N) is 1. The Morgan fingerprint density at radius 2 is 1.91 bits per heavy atom. The van der Waals surface area contributed by atoms with Crippen LogP contribution in [0, 0.1) is 12.8 Å². The number of aryl methyl sites for hydroxylation is 1. The first-order valence-corrected chi connectivity index (χ1v) is 10.7. The van der Waals surface area contributed by atoms with E-state index in [0.717, 1.165) is 37.1 Å². The molecule has 0 spiro atoms. The molecule has 1 N–H and O–H groups in total. The van der Waals surface area contributed by atoms with Crippen molar-refractivity contribution < 1.29 is 18.0 Å². The Bertz CT molecular complexity index is 1150. The number of anilines is 1. The van der Waals surface area contributed by atoms with E-state index in [1.807, 2.05) is 11.8 Å². The van der Waals surface area contributed by atoms with Crippen LogP contribution in [0.3, 0.4) is 0 Å². The molecule has 8 nitrogen and oxygen atoms in total. The van der Waals surface area contributed by atoms with E-state index in [4.69, 9.17) is 0 Å². The molecular weight excluding hydrogens is 435 g/mol. The zero-order chi connectivity index (χ0) is 23.2. The second-order valence-corrected chi connectivity index (χ2v) is 8.59. The lowest BCUT2D eigenvalue weighted by atomic mass is 9.76. The van der Waals surface area contributed by atoms with E-state index in [0.29, 0.717) is 29.7 Å². The summed E-state index contributed by atoms with van der Waals surface area (Å²) in [5, 5.41) is 11.5. The molecule has 0 aromatic carbocycles. The normalized spacial score (nSPS) is 22.4. The highest BCUT2D eigenvalue weighted by molar-refractivity contribution is 5.97. The van der Waals surface area contributed by atoms with Gasteiger partial charge < -0.3 is 10.2 Å². The molecule has 2 saturated heterocycles. The van der Waals surface area contributed by atoms with E-state index in [-0.39, 0.29) is 18.0 Å². The van der Waals surface area contributed by atoms with Gasteiger partial charge in [-0.1, -0.05) is 0 Å². The van der Waals surface area contributed by atoms with E-state index in [2.05, 4.69) is 25.5 Å². The van der Waals surface area contributed by atoms with Gasteiger partial charge in [0.05, 0.1) is 29.6 Å². The fourth-order valence-electron chi connectivity index (χ4n) is 4.78. The van der Waals surface area contributed by atoms with Crippen molar-refractivity contribution in [1.29, 1.82) is 0 Å². The van der Waals surface area contributed by atoms with E-state index in [1.54, 1.807) is 12.3 Å². The lowest BCUT2D eigenvalue weighted by Gasteiger charge is -2.50. The van der Waals surface area contributed by atoms with Gasteiger partial charge in [-0.3, -0.25) is 4.79 Å². The average Bonchev–Trinajstić information content (AvgIpc) is 3.33. The number of hydrogen-bond donors (Lipinski definition) is 1. The van der Waals surface area contributed by atoms with Crippen molar-refractivity contribution in [3.8, 4) is 5.82 Å². The number of hydrogen-bond acceptors (Lipinski definition) is 6. The number of amides is 1. The Morgan fingerprint density at radius 3 is 2.58 bits per heavy atom. The van der Waals surface area contributed by atoms with Gasteiger partial charge >= 0.3 is 6.18 Å². The van der Waals surface area contributed by atoms with E-state index in [1.165, 1.54) is 23.3 Å². The molecule has 1 aliphatic carbocycles. The molecule has 172 valence electrons. The molecule has 3 fully saturated rings. The summed E-state index contributed by atoms with van der Waals surface area (Å²) in [5.74, 6) is 0.882. The van der Waals surface area contributed by atoms with Gasteiger partial charge in [0.2, 0.25) is 0 Å². The van der Waals surface area contributed by atoms with Crippen molar-refractivity contribution in [2.45, 2.75) is 44.4 Å². The van der Waals surface area contributed by atoms with Crippen LogP contribution in [0.4, 0.5) is 19.0 Å². The van der Waals surface area contributed by atoms with Gasteiger partial charge in [-0.2, -0.15) is 23.4 Å². The van der Waals surface area contributed by atoms with Gasteiger partial charge in [0.1, 0.15) is 5.82 Å². The third kappa shape index (κ3) is 4.14. The van der Waals surface area contributed by atoms with Gasteiger partial charge in [-0.05, 0) is 55.9 Å². The lowest BCUT2D eigenvalue weighted by molar-refractivity contribution is -0.137. The summed E-state index contributed by atoms with van der Waals surface area (Å²) >= 11 is 0. The van der Waals surface area contributed by atoms with Crippen LogP contribution in [-0.2, 0) is 6.18 Å². The number of piperidine rings is 2. The molecule has 2 aliphatic heterocycles. The van der Waals surface area contributed by atoms with Gasteiger partial charge in [0.15, 0.2) is 5.82 Å². The molecule has 3 atom stereocenters. The van der Waals surface area contributed by atoms with Crippen LogP contribution in [0.2, 0.25) is 0 Å². The fraction of sp³-hybridized carbons (Fsp3) is 0.409. The lowest BCUT2D eigenvalue weighted by Crippen LogP contribution is -2.60. The maximum Gasteiger partial charge on any atom is 0.417 e. The minimum absolute atomic E-state index is 0.102. The van der Waals surface area contributed by atoms with Gasteiger partial charge in [0.25, 0.3) is 5.91 Å². The molecule has 2 bridgehead atoms. The standard InChI is InChI=1S/C22H22F3N7O/c1-13-8-16(20(27-10-13)32-28-6-7-29-32)21(33)31-12-14-2-4-18(31)17(9-14)30-19-5-3-15(11-26-19)22(23,24)25/h3,5-8,10-11,14,17-18H,2,4,9,12H2,1H3,(H,26,30). The summed E-state index contributed by atoms with van der Waals surface area (Å²) in [6, 6.07) is 3.93. The summed E-state index contributed by atoms with van der Waals surface area (Å²) < 4.78 is 38.5. The highest BCUT2D eigenvalue weighted by Crippen LogP contribution is 2.38. The van der Waals surface area contributed by atoms with Crippen LogP contribution in [-0.4, -0.2) is 54.4 Å². The number of rotatable bonds is 4. The highest BCUT2D eigenvalue weighted by Gasteiger charge is 2.44. The minimum atomic E-state index is -4.43.